The van der Waals surface area contributed by atoms with Gasteiger partial charge in [-0.05, 0) is 43.4 Å². The zero-order valence-electron chi connectivity index (χ0n) is 15.9. The molecule has 0 aliphatic carbocycles. The van der Waals surface area contributed by atoms with Crippen LogP contribution in [-0.4, -0.2) is 74.2 Å². The van der Waals surface area contributed by atoms with Crippen LogP contribution in [0.4, 0.5) is 5.82 Å². The van der Waals surface area contributed by atoms with Gasteiger partial charge in [-0.2, -0.15) is 0 Å². The van der Waals surface area contributed by atoms with E-state index < -0.39 is 0 Å². The summed E-state index contributed by atoms with van der Waals surface area (Å²) < 4.78 is 10.8. The van der Waals surface area contributed by atoms with Crippen LogP contribution in [0.1, 0.15) is 10.4 Å². The minimum absolute atomic E-state index is 0.0463. The predicted octanol–water partition coefficient (Wildman–Crippen LogP) is 1.97. The number of nitrogens with one attached hydrogen (secondary N) is 1. The number of rotatable bonds is 7. The van der Waals surface area contributed by atoms with E-state index in [0.29, 0.717) is 18.7 Å². The number of nitrogens with zero attached hydrogens (tertiary/aromatic N) is 3. The van der Waals surface area contributed by atoms with Crippen LogP contribution < -0.4 is 14.8 Å². The number of piperazine rings is 1. The molecule has 7 heteroatoms. The van der Waals surface area contributed by atoms with Crippen molar-refractivity contribution < 1.29 is 14.3 Å². The van der Waals surface area contributed by atoms with E-state index in [1.54, 1.807) is 13.3 Å². The third-order valence-electron chi connectivity index (χ3n) is 4.54. The number of ether oxygens (including phenoxy) is 2. The third-order valence-corrected chi connectivity index (χ3v) is 4.54. The molecule has 0 saturated carbocycles. The molecule has 1 aliphatic rings. The fraction of sp³-hybridized carbons (Fsp3) is 0.400. The number of carbonyl (C=O) groups is 1. The van der Waals surface area contributed by atoms with E-state index in [-0.39, 0.29) is 5.91 Å². The molecule has 144 valence electrons. The Morgan fingerprint density at radius 1 is 1.07 bits per heavy atom. The fourth-order valence-corrected chi connectivity index (χ4v) is 2.84. The first kappa shape index (κ1) is 19.0. The van der Waals surface area contributed by atoms with Crippen molar-refractivity contribution in [3.63, 3.8) is 0 Å². The van der Waals surface area contributed by atoms with Gasteiger partial charge in [0.15, 0.2) is 0 Å². The average Bonchev–Trinajstić information content (AvgIpc) is 2.72. The number of hydrogen-bond donors (Lipinski definition) is 1. The summed E-state index contributed by atoms with van der Waals surface area (Å²) in [7, 11) is 3.71. The van der Waals surface area contributed by atoms with Crippen molar-refractivity contribution >= 4 is 11.7 Å². The summed E-state index contributed by atoms with van der Waals surface area (Å²) in [4.78, 5) is 20.9. The van der Waals surface area contributed by atoms with E-state index >= 15 is 0 Å². The second-order valence-electron chi connectivity index (χ2n) is 6.48. The lowest BCUT2D eigenvalue weighted by molar-refractivity contribution is 0.0663. The molecule has 0 atom stereocenters. The van der Waals surface area contributed by atoms with Crippen LogP contribution in [0.2, 0.25) is 0 Å². The second kappa shape index (κ2) is 9.23. The number of pyridine rings is 1. The molecule has 1 amide bonds. The highest BCUT2D eigenvalue weighted by Crippen LogP contribution is 2.17. The molecule has 1 aromatic heterocycles. The van der Waals surface area contributed by atoms with Crippen LogP contribution >= 0.6 is 0 Å². The van der Waals surface area contributed by atoms with Gasteiger partial charge in [-0.3, -0.25) is 4.79 Å². The van der Waals surface area contributed by atoms with E-state index in [1.807, 2.05) is 41.3 Å². The van der Waals surface area contributed by atoms with Gasteiger partial charge in [-0.25, -0.2) is 4.98 Å². The zero-order valence-corrected chi connectivity index (χ0v) is 15.9. The monoisotopic (exact) mass is 370 g/mol. The first-order chi connectivity index (χ1) is 13.2. The molecule has 0 radical (unpaired) electrons. The highest BCUT2D eigenvalue weighted by molar-refractivity contribution is 5.94. The lowest BCUT2D eigenvalue weighted by atomic mass is 10.2. The summed E-state index contributed by atoms with van der Waals surface area (Å²) in [6, 6.07) is 11.1. The number of anilines is 1. The number of aromatic nitrogens is 1. The molecule has 2 heterocycles. The van der Waals surface area contributed by atoms with Crippen LogP contribution in [0.25, 0.3) is 0 Å². The molecule has 1 fully saturated rings. The van der Waals surface area contributed by atoms with Gasteiger partial charge < -0.3 is 24.6 Å². The van der Waals surface area contributed by atoms with Gasteiger partial charge in [-0.1, -0.05) is 0 Å². The Hall–Kier alpha value is -2.80. The van der Waals surface area contributed by atoms with Gasteiger partial charge >= 0.3 is 0 Å². The topological polar surface area (TPSA) is 66.9 Å². The van der Waals surface area contributed by atoms with Crippen LogP contribution in [0.3, 0.4) is 0 Å². The highest BCUT2D eigenvalue weighted by Gasteiger charge is 2.20. The summed E-state index contributed by atoms with van der Waals surface area (Å²) in [6.45, 7) is 4.47. The Balaban J connectivity index is 1.42. The number of carbonyl (C=O) groups excluding carboxylic acids is 1. The molecule has 2 aromatic rings. The van der Waals surface area contributed by atoms with Crippen molar-refractivity contribution in [2.24, 2.45) is 0 Å². The molecule has 0 unspecified atom stereocenters. The van der Waals surface area contributed by atoms with Crippen molar-refractivity contribution in [3.05, 3.63) is 48.2 Å². The molecule has 1 saturated heterocycles. The zero-order chi connectivity index (χ0) is 19.1. The maximum absolute atomic E-state index is 12.5. The normalized spacial score (nSPS) is 14.7. The second-order valence-corrected chi connectivity index (χ2v) is 6.48. The minimum atomic E-state index is 0.0463. The minimum Gasteiger partial charge on any atom is -0.497 e. The van der Waals surface area contributed by atoms with Crippen LogP contribution in [0, 0.1) is 0 Å². The van der Waals surface area contributed by atoms with Crippen molar-refractivity contribution in [2.45, 2.75) is 0 Å². The maximum Gasteiger partial charge on any atom is 0.255 e. The first-order valence-corrected chi connectivity index (χ1v) is 9.10. The Bertz CT molecular complexity index is 726. The number of hydrogen-bond acceptors (Lipinski definition) is 6. The summed E-state index contributed by atoms with van der Waals surface area (Å²) in [5, 5.41) is 3.20. The Morgan fingerprint density at radius 2 is 1.78 bits per heavy atom. The predicted molar refractivity (Wildman–Crippen MR) is 105 cm³/mol. The van der Waals surface area contributed by atoms with Crippen LogP contribution in [-0.2, 0) is 0 Å². The van der Waals surface area contributed by atoms with Crippen molar-refractivity contribution in [2.75, 3.05) is 58.8 Å². The first-order valence-electron chi connectivity index (χ1n) is 9.10. The summed E-state index contributed by atoms with van der Waals surface area (Å²) >= 11 is 0. The van der Waals surface area contributed by atoms with E-state index in [1.165, 1.54) is 0 Å². The molecule has 0 bridgehead atoms. The Kier molecular flexibility index (Phi) is 6.49. The van der Waals surface area contributed by atoms with E-state index in [0.717, 1.165) is 43.5 Å². The summed E-state index contributed by atoms with van der Waals surface area (Å²) in [6.07, 6.45) is 1.63. The van der Waals surface area contributed by atoms with Gasteiger partial charge in [-0.15, -0.1) is 0 Å². The van der Waals surface area contributed by atoms with Crippen molar-refractivity contribution in [1.82, 2.24) is 14.8 Å². The average molecular weight is 370 g/mol. The van der Waals surface area contributed by atoms with Gasteiger partial charge in [0.1, 0.15) is 23.9 Å². The van der Waals surface area contributed by atoms with Gasteiger partial charge in [0.25, 0.3) is 5.91 Å². The van der Waals surface area contributed by atoms with Crippen LogP contribution in [0.5, 0.6) is 11.5 Å². The SMILES string of the molecule is COc1ccc(OCCNc2ccc(C(=O)N3CCN(C)CC3)cn2)cc1. The number of likely N-dealkylation sites (N-methyl/N-ethyl adjacent to an activating group) is 1. The molecule has 1 aromatic carbocycles. The Morgan fingerprint density at radius 3 is 2.41 bits per heavy atom. The number of methoxy groups -OCH3 is 1. The van der Waals surface area contributed by atoms with E-state index in [9.17, 15) is 4.79 Å². The largest absolute Gasteiger partial charge is 0.497 e. The molecule has 27 heavy (non-hydrogen) atoms. The molecule has 0 spiro atoms. The highest BCUT2D eigenvalue weighted by atomic mass is 16.5. The number of benzene rings is 1. The van der Waals surface area contributed by atoms with E-state index in [4.69, 9.17) is 9.47 Å². The van der Waals surface area contributed by atoms with Gasteiger partial charge in [0.05, 0.1) is 19.2 Å². The molecular formula is C20H26N4O3. The molecule has 7 nitrogen and oxygen atoms in total. The standard InChI is InChI=1S/C20H26N4O3/c1-23-10-12-24(13-11-23)20(25)16-3-8-19(22-15-16)21-9-14-27-18-6-4-17(26-2)5-7-18/h3-8,15H,9-14H2,1-2H3,(H,21,22). The fourth-order valence-electron chi connectivity index (χ4n) is 2.84. The van der Waals surface area contributed by atoms with Crippen LogP contribution in [0.15, 0.2) is 42.6 Å². The quantitative estimate of drug-likeness (QED) is 0.752. The maximum atomic E-state index is 12.5. The van der Waals surface area contributed by atoms with Gasteiger partial charge in [0, 0.05) is 32.4 Å². The van der Waals surface area contributed by atoms with E-state index in [2.05, 4.69) is 22.2 Å². The molecule has 1 aliphatic heterocycles. The van der Waals surface area contributed by atoms with Crippen molar-refractivity contribution in [3.8, 4) is 11.5 Å². The molecule has 3 rings (SSSR count). The third kappa shape index (κ3) is 5.34. The van der Waals surface area contributed by atoms with Gasteiger partial charge in [0.2, 0.25) is 0 Å². The molecular weight excluding hydrogens is 344 g/mol. The summed E-state index contributed by atoms with van der Waals surface area (Å²) in [5.41, 5.74) is 0.625. The summed E-state index contributed by atoms with van der Waals surface area (Å²) in [5.74, 6) is 2.36. The smallest absolute Gasteiger partial charge is 0.255 e. The van der Waals surface area contributed by atoms with Crippen molar-refractivity contribution in [1.29, 1.82) is 0 Å². The lowest BCUT2D eigenvalue weighted by Gasteiger charge is -2.32. The lowest BCUT2D eigenvalue weighted by Crippen LogP contribution is -2.47. The number of amides is 1. The Labute approximate surface area is 159 Å². The molecule has 1 N–H and O–H groups in total.